The molecule has 1 heterocycles. The molecule has 138 valence electrons. The third-order valence-electron chi connectivity index (χ3n) is 4.29. The van der Waals surface area contributed by atoms with Gasteiger partial charge < -0.3 is 10.0 Å². The summed E-state index contributed by atoms with van der Waals surface area (Å²) in [5, 5.41) is 9.20. The summed E-state index contributed by atoms with van der Waals surface area (Å²) in [6.07, 6.45) is 2.40. The number of carboxylic acids is 1. The van der Waals surface area contributed by atoms with Gasteiger partial charge in [-0.2, -0.15) is 0 Å². The summed E-state index contributed by atoms with van der Waals surface area (Å²) >= 11 is 5.85. The van der Waals surface area contributed by atoms with Crippen molar-refractivity contribution in [3.05, 3.63) is 34.9 Å². The van der Waals surface area contributed by atoms with E-state index in [1.807, 2.05) is 0 Å². The zero-order valence-electron chi connectivity index (χ0n) is 13.9. The number of unbranched alkanes of at least 4 members (excludes halogenated alkanes) is 2. The number of rotatable bonds is 8. The molecule has 2 rings (SSSR count). The fourth-order valence-electron chi connectivity index (χ4n) is 2.96. The second-order valence-electron chi connectivity index (χ2n) is 6.27. The Morgan fingerprint density at radius 1 is 1.16 bits per heavy atom. The van der Waals surface area contributed by atoms with E-state index in [9.17, 15) is 18.0 Å². The summed E-state index contributed by atoms with van der Waals surface area (Å²) in [5.74, 6) is -0.962. The van der Waals surface area contributed by atoms with Gasteiger partial charge >= 0.3 is 5.97 Å². The number of aliphatic carboxylic acids is 1. The van der Waals surface area contributed by atoms with Crippen LogP contribution in [0.4, 0.5) is 0 Å². The molecule has 0 saturated carbocycles. The standard InChI is InChI=1S/C17H22ClNO5S/c18-14-7-5-13(6-8-14)17(22)19(10-3-1-2-4-16(20)21)15-9-11-25(23,24)12-15/h5-8,15H,1-4,9-12H2,(H,20,21). The molecule has 1 saturated heterocycles. The molecule has 1 atom stereocenters. The van der Waals surface area contributed by atoms with Gasteiger partial charge in [-0.1, -0.05) is 18.0 Å². The maximum Gasteiger partial charge on any atom is 0.303 e. The molecule has 8 heteroatoms. The highest BCUT2D eigenvalue weighted by Gasteiger charge is 2.34. The number of nitrogens with zero attached hydrogens (tertiary/aromatic N) is 1. The van der Waals surface area contributed by atoms with Gasteiger partial charge in [-0.15, -0.1) is 0 Å². The Labute approximate surface area is 152 Å². The fourth-order valence-corrected chi connectivity index (χ4v) is 4.82. The Morgan fingerprint density at radius 2 is 1.84 bits per heavy atom. The predicted molar refractivity (Wildman–Crippen MR) is 95.7 cm³/mol. The normalized spacial score (nSPS) is 18.8. The molecule has 0 bridgehead atoms. The highest BCUT2D eigenvalue weighted by Crippen LogP contribution is 2.21. The monoisotopic (exact) mass is 387 g/mol. The van der Waals surface area contributed by atoms with Crippen molar-refractivity contribution >= 4 is 33.3 Å². The van der Waals surface area contributed by atoms with E-state index in [0.717, 1.165) is 0 Å². The van der Waals surface area contributed by atoms with Gasteiger partial charge in [0.1, 0.15) is 0 Å². The fraction of sp³-hybridized carbons (Fsp3) is 0.529. The van der Waals surface area contributed by atoms with Gasteiger partial charge in [-0.05, 0) is 43.5 Å². The van der Waals surface area contributed by atoms with Gasteiger partial charge in [-0.25, -0.2) is 8.42 Å². The number of hydrogen-bond acceptors (Lipinski definition) is 4. The van der Waals surface area contributed by atoms with Gasteiger partial charge in [-0.3, -0.25) is 9.59 Å². The summed E-state index contributed by atoms with van der Waals surface area (Å²) in [6.45, 7) is 0.418. The van der Waals surface area contributed by atoms with Gasteiger partial charge in [0.2, 0.25) is 0 Å². The smallest absolute Gasteiger partial charge is 0.303 e. The van der Waals surface area contributed by atoms with E-state index in [0.29, 0.717) is 42.8 Å². The van der Waals surface area contributed by atoms with E-state index in [4.69, 9.17) is 16.7 Å². The van der Waals surface area contributed by atoms with Crippen LogP contribution in [0.25, 0.3) is 0 Å². The summed E-state index contributed by atoms with van der Waals surface area (Å²) in [6, 6.07) is 6.20. The summed E-state index contributed by atoms with van der Waals surface area (Å²) < 4.78 is 23.6. The SMILES string of the molecule is O=C(O)CCCCCN(C(=O)c1ccc(Cl)cc1)C1CCS(=O)(=O)C1. The van der Waals surface area contributed by atoms with Gasteiger partial charge in [0.15, 0.2) is 9.84 Å². The summed E-state index contributed by atoms with van der Waals surface area (Å²) in [7, 11) is -3.10. The molecule has 6 nitrogen and oxygen atoms in total. The van der Waals surface area contributed by atoms with E-state index in [1.165, 1.54) is 0 Å². The van der Waals surface area contributed by atoms with Gasteiger partial charge in [0, 0.05) is 29.6 Å². The average Bonchev–Trinajstić information content (AvgIpc) is 2.90. The zero-order valence-corrected chi connectivity index (χ0v) is 15.4. The maximum atomic E-state index is 12.8. The van der Waals surface area contributed by atoms with Crippen LogP contribution in [0.1, 0.15) is 42.5 Å². The minimum Gasteiger partial charge on any atom is -0.481 e. The van der Waals surface area contributed by atoms with Gasteiger partial charge in [0.05, 0.1) is 11.5 Å². The molecule has 1 N–H and O–H groups in total. The molecule has 1 aromatic rings. The molecule has 1 aromatic carbocycles. The van der Waals surface area contributed by atoms with E-state index >= 15 is 0 Å². The minimum absolute atomic E-state index is 0.0124. The largest absolute Gasteiger partial charge is 0.481 e. The molecule has 1 amide bonds. The number of carboxylic acid groups (broad SMARTS) is 1. The van der Waals surface area contributed by atoms with Crippen LogP contribution in [0.5, 0.6) is 0 Å². The van der Waals surface area contributed by atoms with Crippen molar-refractivity contribution in [1.82, 2.24) is 4.90 Å². The average molecular weight is 388 g/mol. The van der Waals surface area contributed by atoms with E-state index in [-0.39, 0.29) is 29.9 Å². The number of carbonyl (C=O) groups excluding carboxylic acids is 1. The Morgan fingerprint density at radius 3 is 2.40 bits per heavy atom. The second kappa shape index (κ2) is 8.67. The van der Waals surface area contributed by atoms with Crippen molar-refractivity contribution in [3.8, 4) is 0 Å². The van der Waals surface area contributed by atoms with Crippen LogP contribution in [0.15, 0.2) is 24.3 Å². The summed E-state index contributed by atoms with van der Waals surface area (Å²) in [5.41, 5.74) is 0.472. The van der Waals surface area contributed by atoms with Gasteiger partial charge in [0.25, 0.3) is 5.91 Å². The number of benzene rings is 1. The Kier molecular flexibility index (Phi) is 6.84. The molecule has 1 unspecified atom stereocenters. The lowest BCUT2D eigenvalue weighted by Crippen LogP contribution is -2.41. The van der Waals surface area contributed by atoms with Crippen molar-refractivity contribution in [2.24, 2.45) is 0 Å². The number of carbonyl (C=O) groups is 2. The third-order valence-corrected chi connectivity index (χ3v) is 6.29. The van der Waals surface area contributed by atoms with Crippen molar-refractivity contribution < 1.29 is 23.1 Å². The molecule has 1 aliphatic heterocycles. The lowest BCUT2D eigenvalue weighted by Gasteiger charge is -2.28. The molecule has 1 aliphatic rings. The van der Waals surface area contributed by atoms with Crippen LogP contribution in [0.2, 0.25) is 5.02 Å². The Hall–Kier alpha value is -1.60. The first-order chi connectivity index (χ1) is 11.8. The minimum atomic E-state index is -3.10. The number of amides is 1. The van der Waals surface area contributed by atoms with Crippen LogP contribution in [0, 0.1) is 0 Å². The molecule has 1 fully saturated rings. The Balaban J connectivity index is 2.04. The second-order valence-corrected chi connectivity index (χ2v) is 8.93. The Bertz CT molecular complexity index is 717. The number of halogens is 1. The highest BCUT2D eigenvalue weighted by atomic mass is 35.5. The van der Waals surface area contributed by atoms with E-state index in [2.05, 4.69) is 0 Å². The molecular weight excluding hydrogens is 366 g/mol. The van der Waals surface area contributed by atoms with Crippen LogP contribution in [0.3, 0.4) is 0 Å². The van der Waals surface area contributed by atoms with E-state index < -0.39 is 15.8 Å². The quantitative estimate of drug-likeness (QED) is 0.692. The molecule has 0 spiro atoms. The van der Waals surface area contributed by atoms with Crippen molar-refractivity contribution in [1.29, 1.82) is 0 Å². The number of sulfone groups is 1. The summed E-state index contributed by atoms with van der Waals surface area (Å²) in [4.78, 5) is 25.0. The van der Waals surface area contributed by atoms with Crippen LogP contribution >= 0.6 is 11.6 Å². The predicted octanol–water partition coefficient (Wildman–Crippen LogP) is 2.61. The molecular formula is C17H22ClNO5S. The van der Waals surface area contributed by atoms with Crippen LogP contribution in [-0.4, -0.2) is 54.4 Å². The first kappa shape index (κ1) is 19.7. The topological polar surface area (TPSA) is 91.8 Å². The van der Waals surface area contributed by atoms with Crippen molar-refractivity contribution in [2.45, 2.75) is 38.1 Å². The third kappa shape index (κ3) is 6.01. The molecule has 0 aliphatic carbocycles. The molecule has 0 aromatic heterocycles. The number of hydrogen-bond donors (Lipinski definition) is 1. The lowest BCUT2D eigenvalue weighted by molar-refractivity contribution is -0.137. The zero-order chi connectivity index (χ0) is 18.4. The van der Waals surface area contributed by atoms with Crippen molar-refractivity contribution in [3.63, 3.8) is 0 Å². The first-order valence-corrected chi connectivity index (χ1v) is 10.5. The molecule has 25 heavy (non-hydrogen) atoms. The van der Waals surface area contributed by atoms with Crippen LogP contribution < -0.4 is 0 Å². The maximum absolute atomic E-state index is 12.8. The highest BCUT2D eigenvalue weighted by molar-refractivity contribution is 7.91. The van der Waals surface area contributed by atoms with Crippen LogP contribution in [-0.2, 0) is 14.6 Å². The van der Waals surface area contributed by atoms with E-state index in [1.54, 1.807) is 29.2 Å². The lowest BCUT2D eigenvalue weighted by atomic mass is 10.1. The van der Waals surface area contributed by atoms with Crippen molar-refractivity contribution in [2.75, 3.05) is 18.1 Å². The first-order valence-electron chi connectivity index (χ1n) is 8.27. The molecule has 0 radical (unpaired) electrons.